The van der Waals surface area contributed by atoms with Crippen LogP contribution in [0.1, 0.15) is 0 Å². The van der Waals surface area contributed by atoms with Crippen LogP contribution in [0.5, 0.6) is 5.75 Å². The molecule has 3 nitrogen and oxygen atoms in total. The maximum absolute atomic E-state index is 11.8. The summed E-state index contributed by atoms with van der Waals surface area (Å²) < 4.78 is 62.4. The van der Waals surface area contributed by atoms with Gasteiger partial charge in [0.05, 0.1) is 0 Å². The molecular formula is C7H6F5NO2S. The molecule has 1 aromatic carbocycles. The van der Waals surface area contributed by atoms with Crippen molar-refractivity contribution in [3.05, 3.63) is 30.3 Å². The Morgan fingerprint density at radius 2 is 1.56 bits per heavy atom. The largest absolute Gasteiger partial charge is 0.429 e. The Bertz CT molecular complexity index is 403. The van der Waals surface area contributed by atoms with Crippen molar-refractivity contribution < 1.29 is 29.0 Å². The maximum atomic E-state index is 11.8. The van der Waals surface area contributed by atoms with Crippen molar-refractivity contribution in [2.24, 2.45) is 0 Å². The van der Waals surface area contributed by atoms with Gasteiger partial charge in [0.2, 0.25) is 0 Å². The molecule has 1 rings (SSSR count). The summed E-state index contributed by atoms with van der Waals surface area (Å²) in [5.74, 6) is -0.276. The highest BCUT2D eigenvalue weighted by Crippen LogP contribution is 2.94. The fourth-order valence-corrected chi connectivity index (χ4v) is 1.13. The molecule has 1 N–H and O–H groups in total. The van der Waals surface area contributed by atoms with Gasteiger partial charge < -0.3 is 4.74 Å². The van der Waals surface area contributed by atoms with Gasteiger partial charge in [0.1, 0.15) is 5.75 Å². The number of benzene rings is 1. The standard InChI is InChI=1S/C7H6F5NO2S/c8-16(9,10,11,12)13-7(14)15-6-4-2-1-3-5-6/h1-5H,(H,13,14). The Morgan fingerprint density at radius 1 is 1.06 bits per heavy atom. The minimum Gasteiger partial charge on any atom is -0.410 e. The second-order valence-electron chi connectivity index (χ2n) is 2.77. The SMILES string of the molecule is O=C(NS(F)(F)(F)(F)F)Oc1ccccc1. The summed E-state index contributed by atoms with van der Waals surface area (Å²) in [5.41, 5.74) is 0. The fraction of sp³-hybridized carbons (Fsp3) is 0. The first-order valence-corrected chi connectivity index (χ1v) is 5.70. The lowest BCUT2D eigenvalue weighted by Crippen LogP contribution is -2.35. The van der Waals surface area contributed by atoms with Gasteiger partial charge in [-0.15, -0.1) is 0 Å². The number of amides is 1. The lowest BCUT2D eigenvalue weighted by atomic mass is 10.3. The lowest BCUT2D eigenvalue weighted by molar-refractivity contribution is 0.200. The molecule has 0 unspecified atom stereocenters. The average molecular weight is 263 g/mol. The second-order valence-corrected chi connectivity index (χ2v) is 4.92. The highest BCUT2D eigenvalue weighted by Gasteiger charge is 2.65. The van der Waals surface area contributed by atoms with Gasteiger partial charge >= 0.3 is 16.5 Å². The van der Waals surface area contributed by atoms with Crippen LogP contribution >= 0.6 is 10.4 Å². The number of nitrogens with one attached hydrogen (secondary N) is 1. The Morgan fingerprint density at radius 3 is 2.00 bits per heavy atom. The van der Waals surface area contributed by atoms with Gasteiger partial charge in [0.25, 0.3) is 0 Å². The molecule has 1 aromatic rings. The van der Waals surface area contributed by atoms with Crippen LogP contribution in [0.4, 0.5) is 24.2 Å². The molecular weight excluding hydrogens is 257 g/mol. The van der Waals surface area contributed by atoms with E-state index in [1.807, 2.05) is 0 Å². The predicted molar refractivity (Wildman–Crippen MR) is 48.7 cm³/mol. The van der Waals surface area contributed by atoms with Crippen molar-refractivity contribution in [2.75, 3.05) is 0 Å². The Balaban J connectivity index is 2.71. The zero-order valence-electron chi connectivity index (χ0n) is 7.50. The monoisotopic (exact) mass is 263 g/mol. The van der Waals surface area contributed by atoms with Gasteiger partial charge in [0.15, 0.2) is 0 Å². The molecule has 0 saturated carbocycles. The van der Waals surface area contributed by atoms with Crippen molar-refractivity contribution in [1.29, 1.82) is 0 Å². The van der Waals surface area contributed by atoms with Gasteiger partial charge in [-0.25, -0.2) is 4.79 Å². The van der Waals surface area contributed by atoms with Crippen LogP contribution in [-0.4, -0.2) is 6.09 Å². The molecule has 0 aliphatic rings. The molecule has 0 atom stereocenters. The quantitative estimate of drug-likeness (QED) is 0.819. The lowest BCUT2D eigenvalue weighted by Gasteiger charge is -2.39. The molecule has 9 heteroatoms. The molecule has 0 aliphatic carbocycles. The zero-order valence-corrected chi connectivity index (χ0v) is 8.32. The van der Waals surface area contributed by atoms with E-state index in [0.717, 1.165) is 12.1 Å². The molecule has 0 spiro atoms. The summed E-state index contributed by atoms with van der Waals surface area (Å²) in [7, 11) is -9.99. The number of carbonyl (C=O) groups excluding carboxylic acids is 1. The molecule has 1 amide bonds. The second kappa shape index (κ2) is 3.00. The van der Waals surface area contributed by atoms with E-state index in [1.165, 1.54) is 18.2 Å². The minimum absolute atomic E-state index is 0.276. The van der Waals surface area contributed by atoms with E-state index in [0.29, 0.717) is 0 Å². The summed E-state index contributed by atoms with van der Waals surface area (Å²) in [6.45, 7) is 0. The molecule has 0 bridgehead atoms. The van der Waals surface area contributed by atoms with E-state index in [-0.39, 0.29) is 10.5 Å². The number of ether oxygens (including phenoxy) is 1. The van der Waals surface area contributed by atoms with Crippen LogP contribution in [0.15, 0.2) is 30.3 Å². The summed E-state index contributed by atoms with van der Waals surface area (Å²) >= 11 is 0. The topological polar surface area (TPSA) is 38.3 Å². The molecule has 0 fully saturated rings. The molecule has 0 aliphatic heterocycles. The highest BCUT2D eigenvalue weighted by atomic mass is 32.5. The number of hydrogen-bond donors (Lipinski definition) is 1. The van der Waals surface area contributed by atoms with Crippen molar-refractivity contribution >= 4 is 16.5 Å². The summed E-state index contributed by atoms with van der Waals surface area (Å²) in [5, 5.41) is 0. The zero-order chi connectivity index (χ0) is 12.5. The Labute approximate surface area is 87.1 Å². The van der Waals surface area contributed by atoms with Gasteiger partial charge in [-0.05, 0) is 12.1 Å². The third-order valence-corrected chi connectivity index (χ3v) is 1.78. The number of para-hydroxylation sites is 1. The van der Waals surface area contributed by atoms with E-state index >= 15 is 0 Å². The number of halogens is 5. The molecule has 0 radical (unpaired) electrons. The smallest absolute Gasteiger partial charge is 0.410 e. The van der Waals surface area contributed by atoms with Crippen molar-refractivity contribution in [3.63, 3.8) is 0 Å². The molecule has 0 saturated heterocycles. The van der Waals surface area contributed by atoms with Crippen LogP contribution in [0, 0.1) is 0 Å². The van der Waals surface area contributed by atoms with E-state index < -0.39 is 16.5 Å². The first-order chi connectivity index (χ1) is 6.95. The van der Waals surface area contributed by atoms with E-state index in [1.54, 1.807) is 0 Å². The van der Waals surface area contributed by atoms with Gasteiger partial charge in [-0.3, -0.25) is 0 Å². The average Bonchev–Trinajstić information content (AvgIpc) is 1.98. The first-order valence-electron chi connectivity index (χ1n) is 3.75. The third-order valence-electron chi connectivity index (χ3n) is 1.23. The van der Waals surface area contributed by atoms with Crippen LogP contribution < -0.4 is 9.46 Å². The maximum Gasteiger partial charge on any atom is 0.429 e. The van der Waals surface area contributed by atoms with Crippen LogP contribution in [0.2, 0.25) is 0 Å². The summed E-state index contributed by atoms with van der Waals surface area (Å²) in [6, 6.07) is 6.52. The number of hydrogen-bond acceptors (Lipinski definition) is 2. The van der Waals surface area contributed by atoms with E-state index in [2.05, 4.69) is 4.74 Å². The van der Waals surface area contributed by atoms with Crippen LogP contribution in [-0.2, 0) is 0 Å². The van der Waals surface area contributed by atoms with Gasteiger partial charge in [-0.2, -0.15) is 4.72 Å². The first kappa shape index (κ1) is 12.6. The number of carbonyl (C=O) groups is 1. The highest BCUT2D eigenvalue weighted by molar-refractivity contribution is 8.44. The van der Waals surface area contributed by atoms with Gasteiger partial charge in [-0.1, -0.05) is 37.6 Å². The summed E-state index contributed by atoms with van der Waals surface area (Å²) in [6.07, 6.45) is -2.27. The molecule has 0 aromatic heterocycles. The Kier molecular flexibility index (Phi) is 2.35. The molecule has 0 heterocycles. The normalized spacial score (nSPS) is 15.8. The van der Waals surface area contributed by atoms with Crippen LogP contribution in [0.3, 0.4) is 0 Å². The predicted octanol–water partition coefficient (Wildman–Crippen LogP) is 3.99. The number of rotatable bonds is 2. The van der Waals surface area contributed by atoms with Crippen LogP contribution in [0.25, 0.3) is 0 Å². The van der Waals surface area contributed by atoms with E-state index in [4.69, 9.17) is 0 Å². The fourth-order valence-electron chi connectivity index (χ4n) is 0.774. The molecule has 92 valence electrons. The molecule has 16 heavy (non-hydrogen) atoms. The van der Waals surface area contributed by atoms with E-state index in [9.17, 15) is 24.2 Å². The Hall–Kier alpha value is -1.51. The van der Waals surface area contributed by atoms with Gasteiger partial charge in [0, 0.05) is 0 Å². The minimum atomic E-state index is -9.99. The van der Waals surface area contributed by atoms with Crippen molar-refractivity contribution in [3.8, 4) is 5.75 Å². The third kappa shape index (κ3) is 5.39. The van der Waals surface area contributed by atoms with Crippen molar-refractivity contribution in [2.45, 2.75) is 0 Å². The van der Waals surface area contributed by atoms with Crippen molar-refractivity contribution in [1.82, 2.24) is 4.72 Å². The summed E-state index contributed by atoms with van der Waals surface area (Å²) in [4.78, 5) is 10.5.